The van der Waals surface area contributed by atoms with E-state index < -0.39 is 0 Å². The Labute approximate surface area is 101 Å². The van der Waals surface area contributed by atoms with Gasteiger partial charge in [0.2, 0.25) is 0 Å². The van der Waals surface area contributed by atoms with Crippen molar-refractivity contribution in [1.29, 1.82) is 0 Å². The van der Waals surface area contributed by atoms with Crippen LogP contribution in [0.15, 0.2) is 6.33 Å². The summed E-state index contributed by atoms with van der Waals surface area (Å²) in [5.74, 6) is 2.14. The van der Waals surface area contributed by atoms with Gasteiger partial charge in [-0.1, -0.05) is 6.42 Å². The highest BCUT2D eigenvalue weighted by Crippen LogP contribution is 2.42. The van der Waals surface area contributed by atoms with Gasteiger partial charge in [0, 0.05) is 19.6 Å². The van der Waals surface area contributed by atoms with Gasteiger partial charge in [0.05, 0.1) is 6.54 Å². The molecular formula is C11H18N4S. The first-order valence-electron chi connectivity index (χ1n) is 6.01. The van der Waals surface area contributed by atoms with E-state index >= 15 is 0 Å². The fraction of sp³-hybridized carbons (Fsp3) is 0.818. The molecule has 0 aromatic carbocycles. The number of hydrogen-bond acceptors (Lipinski definition) is 4. The third-order valence-electron chi connectivity index (χ3n) is 4.03. The molecule has 0 radical (unpaired) electrons. The van der Waals surface area contributed by atoms with Crippen LogP contribution in [0.25, 0.3) is 0 Å². The molecule has 16 heavy (non-hydrogen) atoms. The van der Waals surface area contributed by atoms with Gasteiger partial charge in [-0.2, -0.15) is 12.6 Å². The Kier molecular flexibility index (Phi) is 2.67. The molecule has 88 valence electrons. The maximum absolute atomic E-state index is 4.52. The number of hydrogen-bond donors (Lipinski definition) is 1. The molecule has 0 amide bonds. The Hall–Kier alpha value is -0.550. The number of aromatic nitrogens is 3. The third-order valence-corrected chi connectivity index (χ3v) is 4.70. The van der Waals surface area contributed by atoms with Crippen LogP contribution in [0, 0.1) is 5.41 Å². The molecule has 1 aliphatic heterocycles. The van der Waals surface area contributed by atoms with Crippen molar-refractivity contribution in [3.63, 3.8) is 0 Å². The fourth-order valence-corrected chi connectivity index (χ4v) is 3.18. The lowest BCUT2D eigenvalue weighted by Crippen LogP contribution is -2.46. The Morgan fingerprint density at radius 2 is 2.25 bits per heavy atom. The van der Waals surface area contributed by atoms with Crippen LogP contribution in [0.1, 0.15) is 25.1 Å². The zero-order valence-electron chi connectivity index (χ0n) is 9.47. The summed E-state index contributed by atoms with van der Waals surface area (Å²) in [6.07, 6.45) is 5.91. The Bertz CT molecular complexity index is 366. The first-order chi connectivity index (χ1) is 7.81. The number of fused-ring (bicyclic) bond motifs is 1. The van der Waals surface area contributed by atoms with Gasteiger partial charge in [0.15, 0.2) is 0 Å². The second-order valence-electron chi connectivity index (χ2n) is 5.16. The molecule has 1 aromatic heterocycles. The predicted octanol–water partition coefficient (Wildman–Crippen LogP) is 1.19. The van der Waals surface area contributed by atoms with E-state index in [9.17, 15) is 0 Å². The second-order valence-corrected chi connectivity index (χ2v) is 5.48. The van der Waals surface area contributed by atoms with Gasteiger partial charge in [-0.05, 0) is 24.0 Å². The first kappa shape index (κ1) is 10.6. The largest absolute Gasteiger partial charge is 0.315 e. The summed E-state index contributed by atoms with van der Waals surface area (Å²) in [6.45, 7) is 4.30. The monoisotopic (exact) mass is 238 g/mol. The van der Waals surface area contributed by atoms with Gasteiger partial charge in [0.1, 0.15) is 12.2 Å². The molecule has 2 heterocycles. The predicted molar refractivity (Wildman–Crippen MR) is 65.4 cm³/mol. The van der Waals surface area contributed by atoms with Gasteiger partial charge >= 0.3 is 0 Å². The first-order valence-corrected chi connectivity index (χ1v) is 6.64. The molecule has 0 saturated heterocycles. The number of rotatable bonds is 3. The van der Waals surface area contributed by atoms with E-state index in [1.807, 2.05) is 6.33 Å². The zero-order valence-corrected chi connectivity index (χ0v) is 10.4. The molecule has 2 aliphatic rings. The molecule has 5 heteroatoms. The fourth-order valence-electron chi connectivity index (χ4n) is 2.77. The van der Waals surface area contributed by atoms with Crippen molar-refractivity contribution >= 4 is 12.6 Å². The van der Waals surface area contributed by atoms with E-state index in [1.165, 1.54) is 25.8 Å². The van der Waals surface area contributed by atoms with E-state index in [2.05, 4.69) is 32.3 Å². The van der Waals surface area contributed by atoms with Gasteiger partial charge < -0.3 is 4.57 Å². The molecule has 0 unspecified atom stereocenters. The van der Waals surface area contributed by atoms with E-state index in [1.54, 1.807) is 0 Å². The maximum atomic E-state index is 4.52. The average Bonchev–Trinajstić information content (AvgIpc) is 2.70. The molecule has 1 aliphatic carbocycles. The molecular weight excluding hydrogens is 220 g/mol. The molecule has 0 N–H and O–H groups in total. The van der Waals surface area contributed by atoms with E-state index in [4.69, 9.17) is 0 Å². The summed E-state index contributed by atoms with van der Waals surface area (Å²) in [5.41, 5.74) is 0.491. The topological polar surface area (TPSA) is 34.0 Å². The minimum Gasteiger partial charge on any atom is -0.315 e. The molecule has 0 atom stereocenters. The summed E-state index contributed by atoms with van der Waals surface area (Å²) in [7, 11) is 0. The SMILES string of the molecule is SCC1(CN2CCn3cnnc3C2)CCC1. The van der Waals surface area contributed by atoms with Crippen LogP contribution in [0.5, 0.6) is 0 Å². The minimum atomic E-state index is 0.491. The average molecular weight is 238 g/mol. The van der Waals surface area contributed by atoms with Crippen LogP contribution in [0.2, 0.25) is 0 Å². The Morgan fingerprint density at radius 3 is 2.94 bits per heavy atom. The Balaban J connectivity index is 1.65. The van der Waals surface area contributed by atoms with Gasteiger partial charge in [-0.15, -0.1) is 10.2 Å². The standard InChI is InChI=1S/C11H18N4S/c16-8-11(2-1-3-11)7-14-4-5-15-9-12-13-10(15)6-14/h9,16H,1-8H2. The Morgan fingerprint density at radius 1 is 1.38 bits per heavy atom. The molecule has 3 rings (SSSR count). The molecule has 1 aromatic rings. The van der Waals surface area contributed by atoms with Crippen molar-refractivity contribution in [2.45, 2.75) is 32.4 Å². The lowest BCUT2D eigenvalue weighted by Gasteiger charge is -2.45. The molecule has 4 nitrogen and oxygen atoms in total. The van der Waals surface area contributed by atoms with E-state index in [0.717, 1.165) is 31.2 Å². The highest BCUT2D eigenvalue weighted by Gasteiger charge is 2.37. The van der Waals surface area contributed by atoms with Crippen LogP contribution < -0.4 is 0 Å². The summed E-state index contributed by atoms with van der Waals surface area (Å²) >= 11 is 4.52. The molecule has 1 fully saturated rings. The summed E-state index contributed by atoms with van der Waals surface area (Å²) in [5, 5.41) is 8.12. The van der Waals surface area contributed by atoms with Crippen molar-refractivity contribution in [3.8, 4) is 0 Å². The van der Waals surface area contributed by atoms with Gasteiger partial charge in [-0.25, -0.2) is 0 Å². The minimum absolute atomic E-state index is 0.491. The van der Waals surface area contributed by atoms with Crippen molar-refractivity contribution in [3.05, 3.63) is 12.2 Å². The van der Waals surface area contributed by atoms with Crippen molar-refractivity contribution in [1.82, 2.24) is 19.7 Å². The van der Waals surface area contributed by atoms with Crippen molar-refractivity contribution in [2.75, 3.05) is 18.8 Å². The number of nitrogens with zero attached hydrogens (tertiary/aromatic N) is 4. The summed E-state index contributed by atoms with van der Waals surface area (Å²) in [4.78, 5) is 2.51. The van der Waals surface area contributed by atoms with Crippen LogP contribution in [-0.4, -0.2) is 38.5 Å². The van der Waals surface area contributed by atoms with E-state index in [-0.39, 0.29) is 0 Å². The molecule has 0 spiro atoms. The van der Waals surface area contributed by atoms with Crippen molar-refractivity contribution in [2.24, 2.45) is 5.41 Å². The highest BCUT2D eigenvalue weighted by atomic mass is 32.1. The summed E-state index contributed by atoms with van der Waals surface area (Å²) < 4.78 is 2.16. The van der Waals surface area contributed by atoms with Crippen LogP contribution in [0.4, 0.5) is 0 Å². The highest BCUT2D eigenvalue weighted by molar-refractivity contribution is 7.80. The van der Waals surface area contributed by atoms with Gasteiger partial charge in [0.25, 0.3) is 0 Å². The second kappa shape index (κ2) is 4.04. The van der Waals surface area contributed by atoms with Crippen molar-refractivity contribution < 1.29 is 0 Å². The van der Waals surface area contributed by atoms with Crippen LogP contribution in [-0.2, 0) is 13.1 Å². The smallest absolute Gasteiger partial charge is 0.147 e. The van der Waals surface area contributed by atoms with E-state index in [0.29, 0.717) is 5.41 Å². The van der Waals surface area contributed by atoms with Gasteiger partial charge in [-0.3, -0.25) is 4.90 Å². The lowest BCUT2D eigenvalue weighted by atomic mass is 9.70. The summed E-state index contributed by atoms with van der Waals surface area (Å²) in [6, 6.07) is 0. The van der Waals surface area contributed by atoms with Crippen LogP contribution >= 0.6 is 12.6 Å². The quantitative estimate of drug-likeness (QED) is 0.803. The number of thiol groups is 1. The molecule has 1 saturated carbocycles. The van der Waals surface area contributed by atoms with Crippen LogP contribution in [0.3, 0.4) is 0 Å². The third kappa shape index (κ3) is 1.76. The maximum Gasteiger partial charge on any atom is 0.147 e. The molecule has 0 bridgehead atoms. The zero-order chi connectivity index (χ0) is 11.0. The lowest BCUT2D eigenvalue weighted by molar-refractivity contribution is 0.0736. The normalized spacial score (nSPS) is 23.8.